The number of aromatic nitrogens is 1. The average Bonchev–Trinajstić information content (AvgIpc) is 2.69. The van der Waals surface area contributed by atoms with Crippen molar-refractivity contribution in [2.24, 2.45) is 5.41 Å². The van der Waals surface area contributed by atoms with E-state index in [9.17, 15) is 14.4 Å². The third-order valence-corrected chi connectivity index (χ3v) is 3.34. The van der Waals surface area contributed by atoms with Gasteiger partial charge in [-0.15, -0.1) is 0 Å². The summed E-state index contributed by atoms with van der Waals surface area (Å²) in [5, 5.41) is 15.8. The van der Waals surface area contributed by atoms with Crippen molar-refractivity contribution >= 4 is 23.3 Å². The predicted molar refractivity (Wildman–Crippen MR) is 80.4 cm³/mol. The van der Waals surface area contributed by atoms with Crippen LogP contribution < -0.4 is 15.5 Å². The predicted octanol–water partition coefficient (Wildman–Crippen LogP) is 1.52. The number of rotatable bonds is 6. The zero-order valence-electron chi connectivity index (χ0n) is 12.4. The Morgan fingerprint density at radius 1 is 1.43 bits per heavy atom. The zero-order chi connectivity index (χ0) is 16.0. The van der Waals surface area contributed by atoms with Crippen molar-refractivity contribution in [2.75, 3.05) is 0 Å². The SMILES string of the molecule is CC(C)(C)CC(CC(=O)O)NC(=O)NCc1csc(=O)[nH]1. The summed E-state index contributed by atoms with van der Waals surface area (Å²) in [6.45, 7) is 6.15. The molecule has 1 unspecified atom stereocenters. The first-order valence-corrected chi connectivity index (χ1v) is 7.46. The number of amides is 2. The summed E-state index contributed by atoms with van der Waals surface area (Å²) in [4.78, 5) is 36.0. The summed E-state index contributed by atoms with van der Waals surface area (Å²) in [5.41, 5.74) is 0.525. The van der Waals surface area contributed by atoms with Crippen molar-refractivity contribution in [1.82, 2.24) is 15.6 Å². The number of H-pyrrole nitrogens is 1. The Morgan fingerprint density at radius 2 is 2.10 bits per heavy atom. The average molecular weight is 315 g/mol. The van der Waals surface area contributed by atoms with E-state index in [1.54, 1.807) is 5.38 Å². The Balaban J connectivity index is 2.50. The van der Waals surface area contributed by atoms with Crippen LogP contribution in [0.25, 0.3) is 0 Å². The van der Waals surface area contributed by atoms with Crippen LogP contribution in [0.4, 0.5) is 4.79 Å². The van der Waals surface area contributed by atoms with Gasteiger partial charge in [0, 0.05) is 17.1 Å². The lowest BCUT2D eigenvalue weighted by Gasteiger charge is -2.25. The third-order valence-electron chi connectivity index (χ3n) is 2.63. The molecule has 8 heteroatoms. The van der Waals surface area contributed by atoms with Gasteiger partial charge in [-0.1, -0.05) is 32.1 Å². The molecule has 0 aromatic carbocycles. The largest absolute Gasteiger partial charge is 0.481 e. The van der Waals surface area contributed by atoms with Crippen LogP contribution in [0, 0.1) is 5.41 Å². The van der Waals surface area contributed by atoms with Crippen LogP contribution in [0.5, 0.6) is 0 Å². The van der Waals surface area contributed by atoms with Crippen LogP contribution >= 0.6 is 11.3 Å². The lowest BCUT2D eigenvalue weighted by molar-refractivity contribution is -0.137. The molecule has 0 saturated carbocycles. The van der Waals surface area contributed by atoms with Crippen LogP contribution in [0.1, 0.15) is 39.3 Å². The van der Waals surface area contributed by atoms with Gasteiger partial charge in [0.25, 0.3) is 0 Å². The second-order valence-corrected chi connectivity index (χ2v) is 6.90. The number of thiazole rings is 1. The van der Waals surface area contributed by atoms with E-state index in [0.717, 1.165) is 11.3 Å². The highest BCUT2D eigenvalue weighted by Gasteiger charge is 2.22. The summed E-state index contributed by atoms with van der Waals surface area (Å²) in [6, 6.07) is -0.887. The normalized spacial score (nSPS) is 12.7. The molecule has 1 heterocycles. The van der Waals surface area contributed by atoms with Crippen molar-refractivity contribution in [1.29, 1.82) is 0 Å². The molecule has 0 aliphatic carbocycles. The Labute approximate surface area is 126 Å². The van der Waals surface area contributed by atoms with Gasteiger partial charge in [-0.2, -0.15) is 0 Å². The topological polar surface area (TPSA) is 111 Å². The molecule has 0 spiro atoms. The summed E-state index contributed by atoms with van der Waals surface area (Å²) in [5.74, 6) is -0.952. The van der Waals surface area contributed by atoms with Gasteiger partial charge in [0.15, 0.2) is 0 Å². The number of hydrogen-bond acceptors (Lipinski definition) is 4. The number of carbonyl (C=O) groups excluding carboxylic acids is 1. The van der Waals surface area contributed by atoms with E-state index in [1.807, 2.05) is 20.8 Å². The molecule has 118 valence electrons. The standard InChI is InChI=1S/C13H21N3O4S/c1-13(2,3)5-8(4-10(17)18)15-11(19)14-6-9-7-21-12(20)16-9/h7-8H,4-6H2,1-3H3,(H,16,20)(H,17,18)(H2,14,15,19). The molecule has 0 saturated heterocycles. The number of aromatic amines is 1. The fraction of sp³-hybridized carbons (Fsp3) is 0.615. The smallest absolute Gasteiger partial charge is 0.315 e. The highest BCUT2D eigenvalue weighted by atomic mass is 32.1. The summed E-state index contributed by atoms with van der Waals surface area (Å²) >= 11 is 1.03. The first kappa shape index (κ1) is 17.2. The molecule has 0 fully saturated rings. The summed E-state index contributed by atoms with van der Waals surface area (Å²) in [6.07, 6.45) is 0.433. The molecule has 4 N–H and O–H groups in total. The molecule has 1 rings (SSSR count). The molecule has 21 heavy (non-hydrogen) atoms. The molecule has 1 aromatic rings. The van der Waals surface area contributed by atoms with E-state index in [4.69, 9.17) is 5.11 Å². The minimum absolute atomic E-state index is 0.0913. The molecule has 7 nitrogen and oxygen atoms in total. The number of carbonyl (C=O) groups is 2. The van der Waals surface area contributed by atoms with E-state index < -0.39 is 18.0 Å². The number of carboxylic acid groups (broad SMARTS) is 1. The first-order chi connectivity index (χ1) is 9.65. The Hall–Kier alpha value is -1.83. The van der Waals surface area contributed by atoms with Gasteiger partial charge in [-0.3, -0.25) is 9.59 Å². The summed E-state index contributed by atoms with van der Waals surface area (Å²) < 4.78 is 0. The fourth-order valence-corrected chi connectivity index (χ4v) is 2.52. The number of aliphatic carboxylic acids is 1. The highest BCUT2D eigenvalue weighted by Crippen LogP contribution is 2.22. The van der Waals surface area contributed by atoms with E-state index in [2.05, 4.69) is 15.6 Å². The van der Waals surface area contributed by atoms with Crippen LogP contribution in [-0.4, -0.2) is 28.1 Å². The van der Waals surface area contributed by atoms with Crippen molar-refractivity contribution in [3.05, 3.63) is 20.7 Å². The molecule has 1 atom stereocenters. The van der Waals surface area contributed by atoms with Crippen molar-refractivity contribution in [3.63, 3.8) is 0 Å². The van der Waals surface area contributed by atoms with Gasteiger partial charge in [0.2, 0.25) is 0 Å². The summed E-state index contributed by atoms with van der Waals surface area (Å²) in [7, 11) is 0. The van der Waals surface area contributed by atoms with Crippen LogP contribution in [0.2, 0.25) is 0 Å². The number of carboxylic acids is 1. The first-order valence-electron chi connectivity index (χ1n) is 6.58. The van der Waals surface area contributed by atoms with E-state index >= 15 is 0 Å². The second kappa shape index (κ2) is 7.26. The third kappa shape index (κ3) is 7.50. The molecule has 0 radical (unpaired) electrons. The van der Waals surface area contributed by atoms with Crippen molar-refractivity contribution < 1.29 is 14.7 Å². The van der Waals surface area contributed by atoms with Crippen molar-refractivity contribution in [2.45, 2.75) is 46.2 Å². The maximum Gasteiger partial charge on any atom is 0.315 e. The Bertz CT molecular complexity index is 544. The van der Waals surface area contributed by atoms with Gasteiger partial charge in [-0.25, -0.2) is 4.79 Å². The molecular formula is C13H21N3O4S. The Kier molecular flexibility index (Phi) is 5.95. The fourth-order valence-electron chi connectivity index (χ4n) is 1.94. The van der Waals surface area contributed by atoms with Crippen LogP contribution in [0.15, 0.2) is 10.2 Å². The van der Waals surface area contributed by atoms with E-state index in [0.29, 0.717) is 12.1 Å². The van der Waals surface area contributed by atoms with E-state index in [-0.39, 0.29) is 23.3 Å². The minimum Gasteiger partial charge on any atom is -0.481 e. The maximum absolute atomic E-state index is 11.8. The zero-order valence-corrected chi connectivity index (χ0v) is 13.2. The lowest BCUT2D eigenvalue weighted by atomic mass is 9.87. The maximum atomic E-state index is 11.8. The minimum atomic E-state index is -0.952. The van der Waals surface area contributed by atoms with Gasteiger partial charge in [0.05, 0.1) is 13.0 Å². The van der Waals surface area contributed by atoms with Gasteiger partial charge in [-0.05, 0) is 11.8 Å². The molecule has 0 bridgehead atoms. The Morgan fingerprint density at radius 3 is 2.57 bits per heavy atom. The van der Waals surface area contributed by atoms with Crippen LogP contribution in [-0.2, 0) is 11.3 Å². The molecule has 0 aliphatic rings. The number of urea groups is 1. The van der Waals surface area contributed by atoms with Gasteiger partial charge >= 0.3 is 16.9 Å². The monoisotopic (exact) mass is 315 g/mol. The molecule has 1 aromatic heterocycles. The molecular weight excluding hydrogens is 294 g/mol. The quantitative estimate of drug-likeness (QED) is 0.637. The highest BCUT2D eigenvalue weighted by molar-refractivity contribution is 7.07. The van der Waals surface area contributed by atoms with Gasteiger partial charge < -0.3 is 20.7 Å². The van der Waals surface area contributed by atoms with Crippen molar-refractivity contribution in [3.8, 4) is 0 Å². The second-order valence-electron chi connectivity index (χ2n) is 6.06. The number of nitrogens with one attached hydrogen (secondary N) is 3. The van der Waals surface area contributed by atoms with Gasteiger partial charge in [0.1, 0.15) is 0 Å². The van der Waals surface area contributed by atoms with E-state index in [1.165, 1.54) is 0 Å². The lowest BCUT2D eigenvalue weighted by Crippen LogP contribution is -2.44. The molecule has 0 aliphatic heterocycles. The number of hydrogen-bond donors (Lipinski definition) is 4. The van der Waals surface area contributed by atoms with Crippen LogP contribution in [0.3, 0.4) is 0 Å². The molecule has 2 amide bonds.